The molecule has 26 heavy (non-hydrogen) atoms. The molecule has 136 valence electrons. The van der Waals surface area contributed by atoms with Crippen LogP contribution in [-0.4, -0.2) is 45.0 Å². The van der Waals surface area contributed by atoms with Crippen molar-refractivity contribution < 1.29 is 24.1 Å². The number of nitrogens with zero attached hydrogens (tertiary/aromatic N) is 2. The van der Waals surface area contributed by atoms with Gasteiger partial charge in [0.15, 0.2) is 18.4 Å². The predicted molar refractivity (Wildman–Crippen MR) is 94.8 cm³/mol. The van der Waals surface area contributed by atoms with Crippen molar-refractivity contribution in [2.45, 2.75) is 24.9 Å². The quantitative estimate of drug-likeness (QED) is 0.471. The Morgan fingerprint density at radius 3 is 2.85 bits per heavy atom. The first-order valence-electron chi connectivity index (χ1n) is 7.94. The summed E-state index contributed by atoms with van der Waals surface area (Å²) in [6.07, 6.45) is 5.29. The molecule has 0 radical (unpaired) electrons. The van der Waals surface area contributed by atoms with Crippen LogP contribution in [0.4, 0.5) is 0 Å². The van der Waals surface area contributed by atoms with Crippen molar-refractivity contribution in [2.24, 2.45) is 11.5 Å². The molecule has 2 atom stereocenters. The molecule has 1 fully saturated rings. The molecule has 1 aromatic heterocycles. The highest BCUT2D eigenvalue weighted by atomic mass is 32.2. The summed E-state index contributed by atoms with van der Waals surface area (Å²) < 4.78 is 1.90. The minimum absolute atomic E-state index is 0.00231. The fraction of sp³-hybridized carbons (Fsp3) is 0.294. The van der Waals surface area contributed by atoms with E-state index in [-0.39, 0.29) is 17.0 Å². The first kappa shape index (κ1) is 18.2. The van der Waals surface area contributed by atoms with Gasteiger partial charge in [-0.1, -0.05) is 6.08 Å². The van der Waals surface area contributed by atoms with Gasteiger partial charge < -0.3 is 16.6 Å². The van der Waals surface area contributed by atoms with Crippen molar-refractivity contribution in [3.63, 3.8) is 0 Å². The molecule has 1 saturated heterocycles. The molecule has 0 aromatic carbocycles. The van der Waals surface area contributed by atoms with E-state index in [1.807, 2.05) is 17.6 Å². The Balaban J connectivity index is 1.80. The third-order valence-electron chi connectivity index (χ3n) is 4.40. The molecule has 2 aliphatic heterocycles. The Kier molecular flexibility index (Phi) is 4.84. The zero-order valence-electron chi connectivity index (χ0n) is 14.1. The summed E-state index contributed by atoms with van der Waals surface area (Å²) in [7, 11) is 0. The number of aromatic nitrogens is 1. The third kappa shape index (κ3) is 3.11. The SMILES string of the molecule is Cc1cc(C(N)=O)cc[n+]1CC=CC1=C(C(=O)O)N2C(=O)[C@@H](N)[C@H]2SC1. The summed E-state index contributed by atoms with van der Waals surface area (Å²) in [6.45, 7) is 2.34. The maximum Gasteiger partial charge on any atom is 0.352 e. The van der Waals surface area contributed by atoms with E-state index < -0.39 is 17.9 Å². The van der Waals surface area contributed by atoms with Crippen LogP contribution in [0.1, 0.15) is 16.1 Å². The summed E-state index contributed by atoms with van der Waals surface area (Å²) >= 11 is 1.46. The van der Waals surface area contributed by atoms with Crippen LogP contribution in [0, 0.1) is 6.92 Å². The molecule has 2 amide bonds. The minimum Gasteiger partial charge on any atom is -0.477 e. The second kappa shape index (κ2) is 6.93. The van der Waals surface area contributed by atoms with Gasteiger partial charge in [0.05, 0.1) is 5.56 Å². The number of hydrogen-bond acceptors (Lipinski definition) is 5. The average Bonchev–Trinajstić information content (AvgIpc) is 2.61. The second-order valence-corrected chi connectivity index (χ2v) is 7.20. The van der Waals surface area contributed by atoms with Crippen molar-refractivity contribution in [1.29, 1.82) is 0 Å². The second-order valence-electron chi connectivity index (χ2n) is 6.09. The molecule has 8 nitrogen and oxygen atoms in total. The van der Waals surface area contributed by atoms with Gasteiger partial charge in [-0.25, -0.2) is 4.79 Å². The first-order valence-corrected chi connectivity index (χ1v) is 8.99. The highest BCUT2D eigenvalue weighted by Crippen LogP contribution is 2.39. The molecule has 0 bridgehead atoms. The zero-order valence-corrected chi connectivity index (χ0v) is 14.9. The highest BCUT2D eigenvalue weighted by molar-refractivity contribution is 8.00. The maximum absolute atomic E-state index is 11.9. The van der Waals surface area contributed by atoms with E-state index in [4.69, 9.17) is 11.5 Å². The molecule has 1 aromatic rings. The van der Waals surface area contributed by atoms with E-state index in [1.54, 1.807) is 24.4 Å². The number of carboxylic acids is 1. The van der Waals surface area contributed by atoms with Crippen LogP contribution >= 0.6 is 11.8 Å². The van der Waals surface area contributed by atoms with Gasteiger partial charge in [-0.2, -0.15) is 4.57 Å². The van der Waals surface area contributed by atoms with Gasteiger partial charge in [0.1, 0.15) is 17.1 Å². The normalized spacial score (nSPS) is 22.4. The lowest BCUT2D eigenvalue weighted by atomic mass is 10.0. The Hall–Kier alpha value is -2.65. The van der Waals surface area contributed by atoms with E-state index in [0.29, 0.717) is 23.4 Å². The number of hydrogen-bond donors (Lipinski definition) is 3. The number of allylic oxidation sites excluding steroid dienone is 2. The lowest BCUT2D eigenvalue weighted by Crippen LogP contribution is -2.68. The summed E-state index contributed by atoms with van der Waals surface area (Å²) in [4.78, 5) is 36.0. The van der Waals surface area contributed by atoms with Crippen molar-refractivity contribution in [2.75, 3.05) is 5.75 Å². The van der Waals surface area contributed by atoms with Gasteiger partial charge in [0.2, 0.25) is 11.8 Å². The van der Waals surface area contributed by atoms with Crippen molar-refractivity contribution in [3.8, 4) is 0 Å². The Morgan fingerprint density at radius 1 is 1.50 bits per heavy atom. The number of fused-ring (bicyclic) bond motifs is 1. The van der Waals surface area contributed by atoms with Crippen molar-refractivity contribution >= 4 is 29.5 Å². The Labute approximate surface area is 154 Å². The summed E-state index contributed by atoms with van der Waals surface area (Å²) in [6, 6.07) is 2.69. The lowest BCUT2D eigenvalue weighted by molar-refractivity contribution is -0.693. The summed E-state index contributed by atoms with van der Waals surface area (Å²) in [5.74, 6) is -1.51. The molecule has 0 spiro atoms. The molecule has 0 aliphatic carbocycles. The number of carboxylic acid groups (broad SMARTS) is 1. The molecule has 0 saturated carbocycles. The number of nitrogens with two attached hydrogens (primary N) is 2. The number of amides is 2. The average molecular weight is 375 g/mol. The molecular formula is C17H19N4O4S+. The molecular weight excluding hydrogens is 356 g/mol. The topological polar surface area (TPSA) is 131 Å². The molecule has 2 aliphatic rings. The fourth-order valence-corrected chi connectivity index (χ4v) is 4.24. The molecule has 9 heteroatoms. The Bertz CT molecular complexity index is 864. The number of carbonyl (C=O) groups excluding carboxylic acids is 2. The van der Waals surface area contributed by atoms with Gasteiger partial charge >= 0.3 is 5.97 Å². The fourth-order valence-electron chi connectivity index (χ4n) is 2.98. The summed E-state index contributed by atoms with van der Waals surface area (Å²) in [5, 5.41) is 9.19. The molecule has 3 heterocycles. The van der Waals surface area contributed by atoms with Gasteiger partial charge in [-0.05, 0) is 11.6 Å². The minimum atomic E-state index is -1.13. The first-order chi connectivity index (χ1) is 12.3. The van der Waals surface area contributed by atoms with Crippen molar-refractivity contribution in [3.05, 3.63) is 53.0 Å². The molecule has 0 unspecified atom stereocenters. The van der Waals surface area contributed by atoms with E-state index in [1.165, 1.54) is 16.7 Å². The van der Waals surface area contributed by atoms with Gasteiger partial charge in [-0.15, -0.1) is 11.8 Å². The number of β-lactam (4-membered cyclic amide) rings is 1. The lowest BCUT2D eigenvalue weighted by Gasteiger charge is -2.47. The predicted octanol–water partition coefficient (Wildman–Crippen LogP) is -0.481. The van der Waals surface area contributed by atoms with Crippen LogP contribution in [0.3, 0.4) is 0 Å². The monoisotopic (exact) mass is 375 g/mol. The number of pyridine rings is 1. The number of aryl methyl sites for hydroxylation is 1. The number of carbonyl (C=O) groups is 3. The molecule has 3 rings (SSSR count). The zero-order chi connectivity index (χ0) is 19.0. The smallest absolute Gasteiger partial charge is 0.352 e. The number of rotatable bonds is 5. The number of aliphatic carboxylic acids is 1. The number of primary amides is 1. The molecule has 5 N–H and O–H groups in total. The largest absolute Gasteiger partial charge is 0.477 e. The third-order valence-corrected chi connectivity index (χ3v) is 5.72. The van der Waals surface area contributed by atoms with Crippen LogP contribution in [0.5, 0.6) is 0 Å². The standard InChI is InChI=1S/C17H18N4O4S/c1-9-7-10(14(19)22)4-6-20(9)5-2-3-11-8-26-16-12(18)15(23)21(16)13(11)17(24)25/h2-4,6-7,12,16H,5,8,18H2,1H3,(H2-,19,22,24,25)/p+1/t12-,16-/m1/s1. The van der Waals surface area contributed by atoms with Gasteiger partial charge in [0, 0.05) is 24.8 Å². The van der Waals surface area contributed by atoms with Crippen LogP contribution in [-0.2, 0) is 16.1 Å². The van der Waals surface area contributed by atoms with E-state index in [0.717, 1.165) is 5.69 Å². The van der Waals surface area contributed by atoms with Crippen LogP contribution < -0.4 is 16.0 Å². The summed E-state index contributed by atoms with van der Waals surface area (Å²) in [5.41, 5.74) is 12.8. The van der Waals surface area contributed by atoms with Crippen LogP contribution in [0.25, 0.3) is 0 Å². The maximum atomic E-state index is 11.9. The van der Waals surface area contributed by atoms with Crippen LogP contribution in [0.15, 0.2) is 41.8 Å². The van der Waals surface area contributed by atoms with Gasteiger partial charge in [-0.3, -0.25) is 14.5 Å². The van der Waals surface area contributed by atoms with Crippen molar-refractivity contribution in [1.82, 2.24) is 4.90 Å². The van der Waals surface area contributed by atoms with Gasteiger partial charge in [0.25, 0.3) is 0 Å². The van der Waals surface area contributed by atoms with E-state index in [2.05, 4.69) is 0 Å². The number of thioether (sulfide) groups is 1. The van der Waals surface area contributed by atoms with E-state index >= 15 is 0 Å². The Morgan fingerprint density at radius 2 is 2.23 bits per heavy atom. The highest BCUT2D eigenvalue weighted by Gasteiger charge is 2.51. The van der Waals surface area contributed by atoms with Crippen LogP contribution in [0.2, 0.25) is 0 Å². The van der Waals surface area contributed by atoms with E-state index in [9.17, 15) is 19.5 Å².